The lowest BCUT2D eigenvalue weighted by Crippen LogP contribution is -2.52. The number of hydrogen-bond acceptors (Lipinski definition) is 2. The van der Waals surface area contributed by atoms with E-state index >= 15 is 0 Å². The first-order chi connectivity index (χ1) is 10.9. The van der Waals surface area contributed by atoms with Gasteiger partial charge in [0.05, 0.1) is 0 Å². The van der Waals surface area contributed by atoms with Gasteiger partial charge < -0.3 is 5.11 Å². The molecule has 6 atom stereocenters. The van der Waals surface area contributed by atoms with Crippen molar-refractivity contribution < 1.29 is 9.90 Å². The van der Waals surface area contributed by atoms with E-state index in [9.17, 15) is 9.90 Å². The number of rotatable bonds is 0. The zero-order valence-electron chi connectivity index (χ0n) is 14.0. The summed E-state index contributed by atoms with van der Waals surface area (Å²) in [6, 6.07) is 0. The zero-order valence-corrected chi connectivity index (χ0v) is 14.0. The summed E-state index contributed by atoms with van der Waals surface area (Å²) in [5.41, 5.74) is 1.40. The Morgan fingerprint density at radius 3 is 2.87 bits per heavy atom. The monoisotopic (exact) mass is 310 g/mol. The number of carbonyl (C=O) groups excluding carboxylic acids is 1. The van der Waals surface area contributed by atoms with Gasteiger partial charge in [-0.25, -0.2) is 0 Å². The SMILES string of the molecule is C#C[C@]1(O)CC[C@H]2[C@@H]3CCC4=CC(=O)CC[C@@H]4[C@H]3C(=C)C[C@@]21C. The third-order valence-corrected chi connectivity index (χ3v) is 7.59. The standard InChI is InChI=1S/C21H26O2/c1-4-21(23)10-9-18-17-7-5-14-11-15(22)6-8-16(14)19(17)13(2)12-20(18,21)3/h1,11,16-19,23H,2,5-10,12H2,3H3/t16-,17-,18-,19+,20-,21-/m0/s1. The highest BCUT2D eigenvalue weighted by Crippen LogP contribution is 2.65. The molecule has 0 aromatic rings. The summed E-state index contributed by atoms with van der Waals surface area (Å²) in [5.74, 6) is 5.05. The lowest BCUT2D eigenvalue weighted by atomic mass is 9.49. The van der Waals surface area contributed by atoms with Gasteiger partial charge in [0, 0.05) is 11.8 Å². The van der Waals surface area contributed by atoms with E-state index in [4.69, 9.17) is 6.42 Å². The number of allylic oxidation sites excluding steroid dienone is 2. The zero-order chi connectivity index (χ0) is 16.4. The molecule has 3 saturated carbocycles. The van der Waals surface area contributed by atoms with Gasteiger partial charge in [-0.3, -0.25) is 4.79 Å². The molecular weight excluding hydrogens is 284 g/mol. The summed E-state index contributed by atoms with van der Waals surface area (Å²) >= 11 is 0. The van der Waals surface area contributed by atoms with Gasteiger partial charge >= 0.3 is 0 Å². The normalized spacial score (nSPS) is 48.8. The third-order valence-electron chi connectivity index (χ3n) is 7.59. The van der Waals surface area contributed by atoms with Gasteiger partial charge in [-0.2, -0.15) is 0 Å². The molecule has 4 aliphatic rings. The molecule has 0 radical (unpaired) electrons. The van der Waals surface area contributed by atoms with Crippen LogP contribution in [0.2, 0.25) is 0 Å². The van der Waals surface area contributed by atoms with E-state index in [1.54, 1.807) is 0 Å². The Morgan fingerprint density at radius 1 is 1.35 bits per heavy atom. The maximum atomic E-state index is 11.8. The largest absolute Gasteiger partial charge is 0.377 e. The van der Waals surface area contributed by atoms with Crippen LogP contribution in [0.1, 0.15) is 51.9 Å². The van der Waals surface area contributed by atoms with Crippen molar-refractivity contribution in [3.8, 4) is 12.3 Å². The molecule has 4 rings (SSSR count). The van der Waals surface area contributed by atoms with Gasteiger partial charge in [0.25, 0.3) is 0 Å². The molecular formula is C21H26O2. The highest BCUT2D eigenvalue weighted by molar-refractivity contribution is 5.91. The topological polar surface area (TPSA) is 37.3 Å². The molecule has 122 valence electrons. The molecule has 3 fully saturated rings. The molecule has 0 spiro atoms. The predicted octanol–water partition coefficient (Wildman–Crippen LogP) is 3.66. The van der Waals surface area contributed by atoms with Gasteiger partial charge in [0.1, 0.15) is 5.60 Å². The fraction of sp³-hybridized carbons (Fsp3) is 0.667. The number of fused-ring (bicyclic) bond motifs is 5. The van der Waals surface area contributed by atoms with Crippen molar-refractivity contribution in [3.63, 3.8) is 0 Å². The van der Waals surface area contributed by atoms with Crippen molar-refractivity contribution in [1.82, 2.24) is 0 Å². The van der Waals surface area contributed by atoms with Crippen LogP contribution in [0.25, 0.3) is 0 Å². The second-order valence-corrected chi connectivity index (χ2v) is 8.46. The minimum atomic E-state index is -0.982. The summed E-state index contributed by atoms with van der Waals surface area (Å²) in [5, 5.41) is 11.0. The molecule has 4 aliphatic carbocycles. The fourth-order valence-electron chi connectivity index (χ4n) is 6.45. The number of hydrogen-bond donors (Lipinski definition) is 1. The second kappa shape index (κ2) is 4.84. The van der Waals surface area contributed by atoms with Gasteiger partial charge in [-0.15, -0.1) is 6.42 Å². The smallest absolute Gasteiger partial charge is 0.155 e. The quantitative estimate of drug-likeness (QED) is 0.548. The highest BCUT2D eigenvalue weighted by Gasteiger charge is 2.62. The number of aliphatic hydroxyl groups is 1. The summed E-state index contributed by atoms with van der Waals surface area (Å²) in [6.45, 7) is 6.60. The molecule has 0 saturated heterocycles. The maximum Gasteiger partial charge on any atom is 0.155 e. The molecule has 1 N–H and O–H groups in total. The fourth-order valence-corrected chi connectivity index (χ4v) is 6.45. The van der Waals surface area contributed by atoms with Crippen molar-refractivity contribution in [3.05, 3.63) is 23.8 Å². The summed E-state index contributed by atoms with van der Waals surface area (Å²) in [4.78, 5) is 11.8. The first kappa shape index (κ1) is 15.2. The first-order valence-corrected chi connectivity index (χ1v) is 9.01. The molecule has 0 bridgehead atoms. The Hall–Kier alpha value is -1.33. The van der Waals surface area contributed by atoms with Crippen LogP contribution in [0.4, 0.5) is 0 Å². The van der Waals surface area contributed by atoms with E-state index in [1.165, 1.54) is 11.1 Å². The number of terminal acetylenes is 1. The van der Waals surface area contributed by atoms with Crippen LogP contribution in [0.5, 0.6) is 0 Å². The van der Waals surface area contributed by atoms with Gasteiger partial charge in [0.15, 0.2) is 5.78 Å². The second-order valence-electron chi connectivity index (χ2n) is 8.46. The van der Waals surface area contributed by atoms with E-state index in [0.29, 0.717) is 42.3 Å². The summed E-state index contributed by atoms with van der Waals surface area (Å²) in [6.07, 6.45) is 14.0. The molecule has 2 heteroatoms. The molecule has 0 amide bonds. The van der Waals surface area contributed by atoms with Crippen LogP contribution < -0.4 is 0 Å². The van der Waals surface area contributed by atoms with Gasteiger partial charge in [-0.05, 0) is 68.3 Å². The van der Waals surface area contributed by atoms with Crippen LogP contribution in [-0.2, 0) is 4.79 Å². The molecule has 23 heavy (non-hydrogen) atoms. The minimum Gasteiger partial charge on any atom is -0.377 e. The Balaban J connectivity index is 1.72. The minimum absolute atomic E-state index is 0.230. The lowest BCUT2D eigenvalue weighted by molar-refractivity contribution is -0.116. The van der Waals surface area contributed by atoms with Crippen LogP contribution in [0, 0.1) is 41.4 Å². The molecule has 0 heterocycles. The van der Waals surface area contributed by atoms with E-state index in [1.807, 2.05) is 6.08 Å². The Kier molecular flexibility index (Phi) is 3.20. The van der Waals surface area contributed by atoms with Gasteiger partial charge in [-0.1, -0.05) is 30.6 Å². The molecule has 2 nitrogen and oxygen atoms in total. The Morgan fingerprint density at radius 2 is 2.13 bits per heavy atom. The van der Waals surface area contributed by atoms with E-state index in [0.717, 1.165) is 32.1 Å². The summed E-state index contributed by atoms with van der Waals surface area (Å²) in [7, 11) is 0. The van der Waals surface area contributed by atoms with Crippen LogP contribution in [-0.4, -0.2) is 16.5 Å². The Bertz CT molecular complexity index is 651. The highest BCUT2D eigenvalue weighted by atomic mass is 16.3. The van der Waals surface area contributed by atoms with Crippen molar-refractivity contribution in [2.75, 3.05) is 0 Å². The lowest BCUT2D eigenvalue weighted by Gasteiger charge is -2.55. The first-order valence-electron chi connectivity index (χ1n) is 9.01. The number of ketones is 1. The van der Waals surface area contributed by atoms with Crippen molar-refractivity contribution in [1.29, 1.82) is 0 Å². The van der Waals surface area contributed by atoms with Crippen molar-refractivity contribution in [2.45, 2.75) is 57.5 Å². The maximum absolute atomic E-state index is 11.8. The molecule has 0 unspecified atom stereocenters. The van der Waals surface area contributed by atoms with E-state index in [-0.39, 0.29) is 5.41 Å². The predicted molar refractivity (Wildman–Crippen MR) is 90.4 cm³/mol. The molecule has 0 aromatic carbocycles. The molecule has 0 aliphatic heterocycles. The van der Waals surface area contributed by atoms with Crippen LogP contribution in [0.15, 0.2) is 23.8 Å². The summed E-state index contributed by atoms with van der Waals surface area (Å²) < 4.78 is 0. The average molecular weight is 310 g/mol. The molecule has 0 aromatic heterocycles. The van der Waals surface area contributed by atoms with E-state index in [2.05, 4.69) is 19.4 Å². The van der Waals surface area contributed by atoms with Crippen molar-refractivity contribution in [2.24, 2.45) is 29.1 Å². The Labute approximate surface area is 139 Å². The van der Waals surface area contributed by atoms with Gasteiger partial charge in [0.2, 0.25) is 0 Å². The van der Waals surface area contributed by atoms with Crippen LogP contribution >= 0.6 is 0 Å². The van der Waals surface area contributed by atoms with Crippen molar-refractivity contribution >= 4 is 5.78 Å². The van der Waals surface area contributed by atoms with E-state index < -0.39 is 5.60 Å². The van der Waals surface area contributed by atoms with Crippen LogP contribution in [0.3, 0.4) is 0 Å². The average Bonchev–Trinajstić information content (AvgIpc) is 2.78. The number of carbonyl (C=O) groups is 1. The third kappa shape index (κ3) is 1.89.